The number of carboxylic acids is 1. The van der Waals surface area contributed by atoms with Crippen LogP contribution in [0.5, 0.6) is 0 Å². The van der Waals surface area contributed by atoms with Crippen LogP contribution in [0.25, 0.3) is 22.3 Å². The second-order valence-corrected chi connectivity index (χ2v) is 8.94. The van der Waals surface area contributed by atoms with Gasteiger partial charge in [0.05, 0.1) is 18.1 Å². The molecule has 0 unspecified atom stereocenters. The van der Waals surface area contributed by atoms with Crippen LogP contribution in [0.15, 0.2) is 66.9 Å². The molecule has 40 heavy (non-hydrogen) atoms. The number of nitrogens with one attached hydrogen (secondary N) is 2. The number of anilines is 1. The average molecular weight is 545 g/mol. The number of nitrogens with zero attached hydrogens (tertiary/aromatic N) is 2. The molecule has 1 amide bonds. The van der Waals surface area contributed by atoms with Crippen LogP contribution < -0.4 is 10.6 Å². The molecule has 0 aliphatic carbocycles. The largest absolute Gasteiger partial charge is 0.481 e. The van der Waals surface area contributed by atoms with Gasteiger partial charge in [-0.15, -0.1) is 0 Å². The number of amides is 1. The lowest BCUT2D eigenvalue weighted by Crippen LogP contribution is -2.26. The highest BCUT2D eigenvalue weighted by atomic mass is 19.2. The number of benzene rings is 3. The molecule has 10 heteroatoms. The van der Waals surface area contributed by atoms with E-state index in [1.165, 1.54) is 24.4 Å². The van der Waals surface area contributed by atoms with E-state index in [1.54, 1.807) is 37.3 Å². The van der Waals surface area contributed by atoms with Gasteiger partial charge < -0.3 is 15.7 Å². The molecule has 0 aliphatic rings. The molecule has 0 spiro atoms. The summed E-state index contributed by atoms with van der Waals surface area (Å²) in [6, 6.07) is 16.8. The topological polar surface area (TPSA) is 115 Å². The van der Waals surface area contributed by atoms with Gasteiger partial charge in [0.2, 0.25) is 0 Å². The summed E-state index contributed by atoms with van der Waals surface area (Å²) in [4.78, 5) is 26.9. The minimum absolute atomic E-state index is 0.0388. The fraction of sp³-hybridized carbons (Fsp3) is 0.133. The molecule has 0 radical (unpaired) electrons. The van der Waals surface area contributed by atoms with Crippen LogP contribution >= 0.6 is 0 Å². The van der Waals surface area contributed by atoms with Crippen molar-refractivity contribution in [1.82, 2.24) is 10.3 Å². The number of carbonyl (C=O) groups excluding carboxylic acids is 1. The summed E-state index contributed by atoms with van der Waals surface area (Å²) in [5.41, 5.74) is 3.89. The monoisotopic (exact) mass is 544 g/mol. The third-order valence-corrected chi connectivity index (χ3v) is 6.17. The third kappa shape index (κ3) is 6.45. The van der Waals surface area contributed by atoms with E-state index >= 15 is 0 Å². The van der Waals surface area contributed by atoms with E-state index < -0.39 is 23.5 Å². The van der Waals surface area contributed by atoms with E-state index in [0.29, 0.717) is 44.6 Å². The van der Waals surface area contributed by atoms with E-state index in [9.17, 15) is 28.0 Å². The van der Waals surface area contributed by atoms with Gasteiger partial charge in [-0.3, -0.25) is 14.6 Å². The summed E-state index contributed by atoms with van der Waals surface area (Å²) in [5, 5.41) is 24.0. The predicted octanol–water partition coefficient (Wildman–Crippen LogP) is 5.83. The summed E-state index contributed by atoms with van der Waals surface area (Å²) in [6.45, 7) is 1.65. The first-order chi connectivity index (χ1) is 19.2. The molecule has 4 aromatic rings. The summed E-state index contributed by atoms with van der Waals surface area (Å²) in [7, 11) is 0. The lowest BCUT2D eigenvalue weighted by atomic mass is 9.97. The maximum atomic E-state index is 14.2. The van der Waals surface area contributed by atoms with Gasteiger partial charge in [-0.05, 0) is 77.2 Å². The molecule has 1 aromatic heterocycles. The summed E-state index contributed by atoms with van der Waals surface area (Å²) in [5.74, 6) is -4.05. The van der Waals surface area contributed by atoms with Gasteiger partial charge in [-0.2, -0.15) is 5.26 Å². The quantitative estimate of drug-likeness (QED) is 0.244. The van der Waals surface area contributed by atoms with Gasteiger partial charge in [0.15, 0.2) is 11.6 Å². The smallest absolute Gasteiger partial charge is 0.305 e. The summed E-state index contributed by atoms with van der Waals surface area (Å²) in [6.07, 6.45) is 1.11. The van der Waals surface area contributed by atoms with E-state index in [-0.39, 0.29) is 31.0 Å². The average Bonchev–Trinajstić information content (AvgIpc) is 2.94. The van der Waals surface area contributed by atoms with Crippen LogP contribution in [0, 0.1) is 35.7 Å². The zero-order chi connectivity index (χ0) is 28.8. The second kappa shape index (κ2) is 12.1. The molecule has 0 saturated carbocycles. The van der Waals surface area contributed by atoms with Crippen molar-refractivity contribution < 1.29 is 27.9 Å². The SMILES string of the molecule is Cc1cc(-c2ccc(NCc3cc(F)c(F)cc3-c3ccc(C(=O)NCCC(=O)O)nc3)cc2C#N)ccc1F. The summed E-state index contributed by atoms with van der Waals surface area (Å²) >= 11 is 0. The first-order valence-corrected chi connectivity index (χ1v) is 12.1. The van der Waals surface area contributed by atoms with Crippen LogP contribution in [0.1, 0.15) is 33.6 Å². The molecule has 202 valence electrons. The highest BCUT2D eigenvalue weighted by Crippen LogP contribution is 2.30. The predicted molar refractivity (Wildman–Crippen MR) is 143 cm³/mol. The number of aromatic nitrogens is 1. The highest BCUT2D eigenvalue weighted by Gasteiger charge is 2.15. The molecule has 0 bridgehead atoms. The Morgan fingerprint density at radius 1 is 0.925 bits per heavy atom. The van der Waals surface area contributed by atoms with Crippen LogP contribution in [0.2, 0.25) is 0 Å². The fourth-order valence-electron chi connectivity index (χ4n) is 4.07. The van der Waals surface area contributed by atoms with E-state index in [4.69, 9.17) is 5.11 Å². The van der Waals surface area contributed by atoms with Crippen LogP contribution in [0.4, 0.5) is 18.9 Å². The van der Waals surface area contributed by atoms with Crippen molar-refractivity contribution in [2.45, 2.75) is 19.9 Å². The van der Waals surface area contributed by atoms with Crippen molar-refractivity contribution >= 4 is 17.6 Å². The number of hydrogen-bond acceptors (Lipinski definition) is 5. The van der Waals surface area contributed by atoms with Gasteiger partial charge in [-0.25, -0.2) is 13.2 Å². The van der Waals surface area contributed by atoms with Crippen molar-refractivity contribution in [3.63, 3.8) is 0 Å². The van der Waals surface area contributed by atoms with Crippen LogP contribution in [-0.2, 0) is 11.3 Å². The lowest BCUT2D eigenvalue weighted by Gasteiger charge is -2.14. The third-order valence-electron chi connectivity index (χ3n) is 6.17. The highest BCUT2D eigenvalue weighted by molar-refractivity contribution is 5.92. The molecule has 0 fully saturated rings. The molecular formula is C30H23F3N4O3. The van der Waals surface area contributed by atoms with Gasteiger partial charge in [0.25, 0.3) is 5.91 Å². The zero-order valence-electron chi connectivity index (χ0n) is 21.3. The Bertz CT molecular complexity index is 1630. The standard InChI is InChI=1S/C30H23F3N4O3/c1-17-10-18(2-6-25(17)31)23-5-4-22(11-20(23)14-34)36-16-21-12-26(32)27(33)13-24(21)19-3-7-28(37-15-19)30(40)35-9-8-29(38)39/h2-7,10-13,15,36H,8-9,16H2,1H3,(H,35,40)(H,38,39). The Kier molecular flexibility index (Phi) is 8.45. The van der Waals surface area contributed by atoms with Crippen molar-refractivity contribution in [2.75, 3.05) is 11.9 Å². The fourth-order valence-corrected chi connectivity index (χ4v) is 4.07. The summed E-state index contributed by atoms with van der Waals surface area (Å²) < 4.78 is 42.1. The Morgan fingerprint density at radius 2 is 1.68 bits per heavy atom. The number of pyridine rings is 1. The number of nitriles is 1. The molecule has 3 N–H and O–H groups in total. The number of hydrogen-bond donors (Lipinski definition) is 3. The normalized spacial score (nSPS) is 10.6. The maximum absolute atomic E-state index is 14.2. The molecule has 0 aliphatic heterocycles. The Labute approximate surface area is 227 Å². The Morgan fingerprint density at radius 3 is 2.35 bits per heavy atom. The lowest BCUT2D eigenvalue weighted by molar-refractivity contribution is -0.136. The van der Waals surface area contributed by atoms with Crippen molar-refractivity contribution in [2.24, 2.45) is 0 Å². The van der Waals surface area contributed by atoms with Crippen molar-refractivity contribution in [3.05, 3.63) is 107 Å². The van der Waals surface area contributed by atoms with Gasteiger partial charge >= 0.3 is 5.97 Å². The van der Waals surface area contributed by atoms with Crippen LogP contribution in [-0.4, -0.2) is 28.5 Å². The zero-order valence-corrected chi connectivity index (χ0v) is 21.3. The first-order valence-electron chi connectivity index (χ1n) is 12.1. The molecule has 4 rings (SSSR count). The molecule has 0 atom stereocenters. The number of halogens is 3. The van der Waals surface area contributed by atoms with E-state index in [0.717, 1.165) is 12.1 Å². The molecule has 7 nitrogen and oxygen atoms in total. The number of aliphatic carboxylic acids is 1. The first kappa shape index (κ1) is 27.9. The minimum atomic E-state index is -1.06. The molecule has 0 saturated heterocycles. The number of aryl methyl sites for hydroxylation is 1. The van der Waals surface area contributed by atoms with E-state index in [1.807, 2.05) is 0 Å². The van der Waals surface area contributed by atoms with E-state index in [2.05, 4.69) is 21.7 Å². The minimum Gasteiger partial charge on any atom is -0.481 e. The van der Waals surface area contributed by atoms with Crippen molar-refractivity contribution in [3.8, 4) is 28.3 Å². The van der Waals surface area contributed by atoms with Gasteiger partial charge in [0, 0.05) is 30.5 Å². The Hall–Kier alpha value is -5.17. The molecular weight excluding hydrogens is 521 g/mol. The molecule has 3 aromatic carbocycles. The number of carbonyl (C=O) groups is 2. The second-order valence-electron chi connectivity index (χ2n) is 8.94. The number of rotatable bonds is 9. The maximum Gasteiger partial charge on any atom is 0.305 e. The van der Waals surface area contributed by atoms with Crippen LogP contribution in [0.3, 0.4) is 0 Å². The van der Waals surface area contributed by atoms with Gasteiger partial charge in [0.1, 0.15) is 11.5 Å². The number of carboxylic acid groups (broad SMARTS) is 1. The Balaban J connectivity index is 1.55. The van der Waals surface area contributed by atoms with Crippen molar-refractivity contribution in [1.29, 1.82) is 5.26 Å². The van der Waals surface area contributed by atoms with Gasteiger partial charge in [-0.1, -0.05) is 18.2 Å². The molecule has 1 heterocycles.